The van der Waals surface area contributed by atoms with Crippen LogP contribution in [0.5, 0.6) is 5.75 Å². The first-order valence-corrected chi connectivity index (χ1v) is 10.9. The van der Waals surface area contributed by atoms with E-state index in [1.54, 1.807) is 0 Å². The Hall–Kier alpha value is -4.37. The van der Waals surface area contributed by atoms with Crippen LogP contribution in [0.15, 0.2) is 48.7 Å². The molecule has 2 aromatic carbocycles. The van der Waals surface area contributed by atoms with Crippen LogP contribution < -0.4 is 20.3 Å². The number of rotatable bonds is 4. The van der Waals surface area contributed by atoms with Gasteiger partial charge in [-0.05, 0) is 42.5 Å². The zero-order valence-electron chi connectivity index (χ0n) is 18.8. The number of carbonyl (C=O) groups is 2. The zero-order valence-corrected chi connectivity index (χ0v) is 18.8. The van der Waals surface area contributed by atoms with E-state index in [1.165, 1.54) is 53.2 Å². The second kappa shape index (κ2) is 8.69. The maximum atomic E-state index is 13.6. The molecule has 0 saturated carbocycles. The van der Waals surface area contributed by atoms with Gasteiger partial charge in [0.2, 0.25) is 0 Å². The summed E-state index contributed by atoms with van der Waals surface area (Å²) in [5, 5.41) is 19.5. The van der Waals surface area contributed by atoms with Crippen LogP contribution in [0.1, 0.15) is 38.0 Å². The van der Waals surface area contributed by atoms with Gasteiger partial charge < -0.3 is 20.3 Å². The Morgan fingerprint density at radius 3 is 2.58 bits per heavy atom. The van der Waals surface area contributed by atoms with Gasteiger partial charge in [-0.25, -0.2) is 0 Å². The third-order valence-corrected chi connectivity index (χ3v) is 6.32. The molecular formula is C24H19F3N6O3. The van der Waals surface area contributed by atoms with Gasteiger partial charge in [-0.15, -0.1) is 0 Å². The first-order chi connectivity index (χ1) is 17.2. The standard InChI is InChI=1S/C24H19F3N6O3/c1-36-20-7-2-13(8-14(20)9-28)22(34)31-17-10-30-33-19-12-29-11-18(19)32(23(35)21(17)33)16-5-3-15(4-6-16)24(25,26)27/h2-8,10,18-19,29H,11-12H2,1H3,(H,31,34)/t18-,19-/m0/s1. The molecule has 3 heterocycles. The van der Waals surface area contributed by atoms with Gasteiger partial charge in [-0.1, -0.05) is 0 Å². The molecule has 1 aromatic heterocycles. The van der Waals surface area contributed by atoms with Crippen molar-refractivity contribution in [1.29, 1.82) is 5.26 Å². The maximum absolute atomic E-state index is 13.6. The van der Waals surface area contributed by atoms with Crippen LogP contribution >= 0.6 is 0 Å². The van der Waals surface area contributed by atoms with Gasteiger partial charge in [0.1, 0.15) is 11.8 Å². The number of aromatic nitrogens is 2. The zero-order chi connectivity index (χ0) is 25.6. The first-order valence-electron chi connectivity index (χ1n) is 10.9. The monoisotopic (exact) mass is 496 g/mol. The van der Waals surface area contributed by atoms with E-state index in [2.05, 4.69) is 15.7 Å². The number of nitrogens with one attached hydrogen (secondary N) is 2. The average Bonchev–Trinajstić information content (AvgIpc) is 3.51. The highest BCUT2D eigenvalue weighted by Crippen LogP contribution is 2.37. The van der Waals surface area contributed by atoms with Crippen molar-refractivity contribution in [2.24, 2.45) is 0 Å². The third-order valence-electron chi connectivity index (χ3n) is 6.32. The lowest BCUT2D eigenvalue weighted by Crippen LogP contribution is -2.51. The van der Waals surface area contributed by atoms with Crippen molar-refractivity contribution in [1.82, 2.24) is 15.1 Å². The lowest BCUT2D eigenvalue weighted by Gasteiger charge is -2.37. The molecule has 2 N–H and O–H groups in total. The number of fused-ring (bicyclic) bond motifs is 3. The summed E-state index contributed by atoms with van der Waals surface area (Å²) in [6.45, 7) is 0.919. The maximum Gasteiger partial charge on any atom is 0.416 e. The Bertz CT molecular complexity index is 1390. The summed E-state index contributed by atoms with van der Waals surface area (Å²) in [5.41, 5.74) is 0.113. The molecule has 1 fully saturated rings. The lowest BCUT2D eigenvalue weighted by molar-refractivity contribution is -0.137. The van der Waals surface area contributed by atoms with Crippen LogP contribution in [0.25, 0.3) is 0 Å². The van der Waals surface area contributed by atoms with Crippen LogP contribution in [0.3, 0.4) is 0 Å². The molecule has 0 radical (unpaired) electrons. The molecule has 2 aliphatic rings. The number of amides is 2. The minimum absolute atomic E-state index is 0.113. The summed E-state index contributed by atoms with van der Waals surface area (Å²) in [7, 11) is 1.41. The van der Waals surface area contributed by atoms with E-state index < -0.39 is 23.6 Å². The molecule has 5 rings (SSSR count). The fourth-order valence-electron chi connectivity index (χ4n) is 4.60. The number of nitriles is 1. The Morgan fingerprint density at radius 1 is 1.19 bits per heavy atom. The highest BCUT2D eigenvalue weighted by atomic mass is 19.4. The van der Waals surface area contributed by atoms with E-state index in [1.807, 2.05) is 6.07 Å². The predicted octanol–water partition coefficient (Wildman–Crippen LogP) is 3.21. The molecule has 2 aliphatic heterocycles. The van der Waals surface area contributed by atoms with Crippen LogP contribution in [0.2, 0.25) is 0 Å². The van der Waals surface area contributed by atoms with Crippen molar-refractivity contribution >= 4 is 23.2 Å². The Morgan fingerprint density at radius 2 is 1.92 bits per heavy atom. The van der Waals surface area contributed by atoms with Gasteiger partial charge >= 0.3 is 6.18 Å². The molecule has 36 heavy (non-hydrogen) atoms. The number of hydrogen-bond donors (Lipinski definition) is 2. The summed E-state index contributed by atoms with van der Waals surface area (Å²) in [6.07, 6.45) is -3.13. The predicted molar refractivity (Wildman–Crippen MR) is 122 cm³/mol. The van der Waals surface area contributed by atoms with E-state index in [0.717, 1.165) is 12.1 Å². The van der Waals surface area contributed by atoms with Crippen molar-refractivity contribution in [2.75, 3.05) is 30.4 Å². The number of ether oxygens (including phenoxy) is 1. The van der Waals surface area contributed by atoms with Crippen LogP contribution in [0, 0.1) is 11.3 Å². The van der Waals surface area contributed by atoms with Crippen LogP contribution in [-0.2, 0) is 6.18 Å². The fourth-order valence-corrected chi connectivity index (χ4v) is 4.60. The Balaban J connectivity index is 1.48. The topological polar surface area (TPSA) is 112 Å². The quantitative estimate of drug-likeness (QED) is 0.574. The summed E-state index contributed by atoms with van der Waals surface area (Å²) in [5.74, 6) is -0.746. The van der Waals surface area contributed by atoms with Gasteiger partial charge in [-0.2, -0.15) is 23.5 Å². The number of nitrogens with zero attached hydrogens (tertiary/aromatic N) is 4. The molecule has 184 valence electrons. The highest BCUT2D eigenvalue weighted by molar-refractivity contribution is 6.13. The normalized spacial score (nSPS) is 18.9. The molecule has 1 saturated heterocycles. The second-order valence-corrected chi connectivity index (χ2v) is 8.35. The number of benzene rings is 2. The molecule has 2 amide bonds. The molecule has 2 atom stereocenters. The van der Waals surface area contributed by atoms with Crippen LogP contribution in [0.4, 0.5) is 24.5 Å². The molecule has 0 bridgehead atoms. The molecule has 0 unspecified atom stereocenters. The van der Waals surface area contributed by atoms with E-state index in [4.69, 9.17) is 4.74 Å². The summed E-state index contributed by atoms with van der Waals surface area (Å²) in [4.78, 5) is 28.0. The number of alkyl halides is 3. The molecular weight excluding hydrogens is 477 g/mol. The molecule has 3 aromatic rings. The van der Waals surface area contributed by atoms with E-state index in [0.29, 0.717) is 24.5 Å². The van der Waals surface area contributed by atoms with Gasteiger partial charge in [0, 0.05) is 24.3 Å². The van der Waals surface area contributed by atoms with Crippen molar-refractivity contribution < 1.29 is 27.5 Å². The summed E-state index contributed by atoms with van der Waals surface area (Å²) >= 11 is 0. The minimum atomic E-state index is -4.50. The Labute approximate surface area is 203 Å². The lowest BCUT2D eigenvalue weighted by atomic mass is 10.0. The molecule has 12 heteroatoms. The molecule has 9 nitrogen and oxygen atoms in total. The van der Waals surface area contributed by atoms with Gasteiger partial charge in [0.05, 0.1) is 42.2 Å². The number of hydrogen-bond acceptors (Lipinski definition) is 6. The average molecular weight is 496 g/mol. The summed E-state index contributed by atoms with van der Waals surface area (Å²) < 4.78 is 45.8. The molecule has 0 spiro atoms. The SMILES string of the molecule is COc1ccc(C(=O)Nc2cnn3c2C(=O)N(c2ccc(C(F)(F)F)cc2)[C@H]2CNC[C@@H]23)cc1C#N. The number of anilines is 2. The van der Waals surface area contributed by atoms with Gasteiger partial charge in [-0.3, -0.25) is 14.3 Å². The second-order valence-electron chi connectivity index (χ2n) is 8.35. The van der Waals surface area contributed by atoms with E-state index in [9.17, 15) is 28.0 Å². The smallest absolute Gasteiger partial charge is 0.416 e. The van der Waals surface area contributed by atoms with Crippen molar-refractivity contribution in [2.45, 2.75) is 18.3 Å². The van der Waals surface area contributed by atoms with E-state index >= 15 is 0 Å². The fraction of sp³-hybridized carbons (Fsp3) is 0.250. The summed E-state index contributed by atoms with van der Waals surface area (Å²) in [6, 6.07) is 10.1. The van der Waals surface area contributed by atoms with Crippen molar-refractivity contribution in [3.63, 3.8) is 0 Å². The largest absolute Gasteiger partial charge is 0.495 e. The van der Waals surface area contributed by atoms with Crippen LogP contribution in [-0.4, -0.2) is 47.8 Å². The first kappa shape index (κ1) is 23.4. The number of carbonyl (C=O) groups excluding carboxylic acids is 2. The van der Waals surface area contributed by atoms with E-state index in [-0.39, 0.29) is 34.6 Å². The minimum Gasteiger partial charge on any atom is -0.495 e. The number of halogens is 3. The number of methoxy groups -OCH3 is 1. The van der Waals surface area contributed by atoms with Gasteiger partial charge in [0.25, 0.3) is 11.8 Å². The van der Waals surface area contributed by atoms with Gasteiger partial charge in [0.15, 0.2) is 5.69 Å². The molecule has 0 aliphatic carbocycles. The highest BCUT2D eigenvalue weighted by Gasteiger charge is 2.45. The third kappa shape index (κ3) is 3.83. The van der Waals surface area contributed by atoms with Crippen molar-refractivity contribution in [3.8, 4) is 11.8 Å². The Kier molecular flexibility index (Phi) is 5.64. The van der Waals surface area contributed by atoms with Crippen molar-refractivity contribution in [3.05, 3.63) is 71.0 Å².